The van der Waals surface area contributed by atoms with Gasteiger partial charge >= 0.3 is 11.8 Å². The minimum Gasteiger partial charge on any atom is -0.344 e. The molecule has 5 heteroatoms. The second kappa shape index (κ2) is 8.50. The summed E-state index contributed by atoms with van der Waals surface area (Å²) in [5.41, 5.74) is 3.08. The first kappa shape index (κ1) is 18.0. The molecule has 126 valence electrons. The van der Waals surface area contributed by atoms with E-state index in [0.717, 1.165) is 17.5 Å². The van der Waals surface area contributed by atoms with Crippen molar-refractivity contribution in [2.45, 2.75) is 32.9 Å². The molecule has 0 saturated heterocycles. The fourth-order valence-electron chi connectivity index (χ4n) is 2.25. The molecular formula is C19H21ClN2O2. The molecule has 0 saturated carbocycles. The Morgan fingerprint density at radius 3 is 2.12 bits per heavy atom. The molecule has 0 fully saturated rings. The summed E-state index contributed by atoms with van der Waals surface area (Å²) in [7, 11) is 0. The molecule has 0 aliphatic heterocycles. The Labute approximate surface area is 147 Å². The van der Waals surface area contributed by atoms with E-state index in [1.54, 1.807) is 24.3 Å². The second-order valence-electron chi connectivity index (χ2n) is 5.60. The van der Waals surface area contributed by atoms with Crippen LogP contribution in [0.3, 0.4) is 0 Å². The lowest BCUT2D eigenvalue weighted by molar-refractivity contribution is -0.139. The Morgan fingerprint density at radius 1 is 0.958 bits per heavy atom. The molecule has 2 rings (SSSR count). The number of carbonyl (C=O) groups is 2. The zero-order chi connectivity index (χ0) is 17.5. The lowest BCUT2D eigenvalue weighted by atomic mass is 10.1. The van der Waals surface area contributed by atoms with Crippen LogP contribution in [0.4, 0.5) is 0 Å². The van der Waals surface area contributed by atoms with Gasteiger partial charge in [0.2, 0.25) is 0 Å². The Bertz CT molecular complexity index is 696. The molecule has 4 nitrogen and oxygen atoms in total. The summed E-state index contributed by atoms with van der Waals surface area (Å²) in [5.74, 6) is -1.29. The first-order valence-corrected chi connectivity index (χ1v) is 8.29. The number of aryl methyl sites for hydroxylation is 1. The van der Waals surface area contributed by atoms with Gasteiger partial charge in [0.25, 0.3) is 0 Å². The van der Waals surface area contributed by atoms with Crippen molar-refractivity contribution >= 4 is 23.4 Å². The van der Waals surface area contributed by atoms with Crippen LogP contribution in [0.25, 0.3) is 0 Å². The predicted octanol–water partition coefficient (Wildman–Crippen LogP) is 3.40. The SMILES string of the molecule is CCc1ccc(C(C)NC(=O)C(=O)NCc2ccc(Cl)cc2)cc1. The lowest BCUT2D eigenvalue weighted by Gasteiger charge is -2.14. The number of carbonyl (C=O) groups excluding carboxylic acids is 2. The normalized spacial score (nSPS) is 11.6. The zero-order valence-electron chi connectivity index (χ0n) is 13.8. The van der Waals surface area contributed by atoms with Crippen LogP contribution in [-0.2, 0) is 22.6 Å². The summed E-state index contributed by atoms with van der Waals surface area (Å²) < 4.78 is 0. The Balaban J connectivity index is 1.85. The maximum Gasteiger partial charge on any atom is 0.309 e. The van der Waals surface area contributed by atoms with Crippen LogP contribution in [0.2, 0.25) is 5.02 Å². The number of hydrogen-bond acceptors (Lipinski definition) is 2. The van der Waals surface area contributed by atoms with E-state index in [2.05, 4.69) is 17.6 Å². The quantitative estimate of drug-likeness (QED) is 0.817. The number of hydrogen-bond donors (Lipinski definition) is 2. The van der Waals surface area contributed by atoms with Gasteiger partial charge in [-0.2, -0.15) is 0 Å². The number of benzene rings is 2. The minimum absolute atomic E-state index is 0.232. The number of halogens is 1. The van der Waals surface area contributed by atoms with E-state index in [1.165, 1.54) is 5.56 Å². The van der Waals surface area contributed by atoms with Crippen molar-refractivity contribution in [3.05, 3.63) is 70.2 Å². The zero-order valence-corrected chi connectivity index (χ0v) is 14.6. The van der Waals surface area contributed by atoms with E-state index in [4.69, 9.17) is 11.6 Å². The van der Waals surface area contributed by atoms with Crippen LogP contribution in [-0.4, -0.2) is 11.8 Å². The van der Waals surface area contributed by atoms with E-state index in [-0.39, 0.29) is 12.6 Å². The van der Waals surface area contributed by atoms with E-state index in [0.29, 0.717) is 5.02 Å². The summed E-state index contributed by atoms with van der Waals surface area (Å²) in [6, 6.07) is 14.8. The summed E-state index contributed by atoms with van der Waals surface area (Å²) in [5, 5.41) is 5.94. The third-order valence-corrected chi connectivity index (χ3v) is 4.06. The summed E-state index contributed by atoms with van der Waals surface area (Å²) in [6.07, 6.45) is 0.966. The third-order valence-electron chi connectivity index (χ3n) is 3.81. The van der Waals surface area contributed by atoms with Crippen LogP contribution < -0.4 is 10.6 Å². The van der Waals surface area contributed by atoms with Crippen molar-refractivity contribution in [3.8, 4) is 0 Å². The number of rotatable bonds is 5. The monoisotopic (exact) mass is 344 g/mol. The molecule has 2 aromatic carbocycles. The third kappa shape index (κ3) is 5.10. The summed E-state index contributed by atoms with van der Waals surface area (Å²) >= 11 is 5.81. The molecule has 1 atom stereocenters. The fourth-order valence-corrected chi connectivity index (χ4v) is 2.38. The minimum atomic E-state index is -0.651. The largest absolute Gasteiger partial charge is 0.344 e. The molecule has 0 aromatic heterocycles. The van der Waals surface area contributed by atoms with Crippen molar-refractivity contribution in [1.29, 1.82) is 0 Å². The van der Waals surface area contributed by atoms with Crippen LogP contribution in [0.15, 0.2) is 48.5 Å². The highest BCUT2D eigenvalue weighted by Gasteiger charge is 2.16. The van der Waals surface area contributed by atoms with Gasteiger partial charge in [-0.15, -0.1) is 0 Å². The van der Waals surface area contributed by atoms with Crippen molar-refractivity contribution in [2.24, 2.45) is 0 Å². The molecule has 2 amide bonds. The first-order chi connectivity index (χ1) is 11.5. The standard InChI is InChI=1S/C19H21ClN2O2/c1-3-14-4-8-16(9-5-14)13(2)22-19(24)18(23)21-12-15-6-10-17(20)11-7-15/h4-11,13H,3,12H2,1-2H3,(H,21,23)(H,22,24). The highest BCUT2D eigenvalue weighted by Crippen LogP contribution is 2.13. The van der Waals surface area contributed by atoms with Crippen molar-refractivity contribution < 1.29 is 9.59 Å². The van der Waals surface area contributed by atoms with Crippen LogP contribution >= 0.6 is 11.6 Å². The van der Waals surface area contributed by atoms with Crippen molar-refractivity contribution in [2.75, 3.05) is 0 Å². The predicted molar refractivity (Wildman–Crippen MR) is 95.7 cm³/mol. The van der Waals surface area contributed by atoms with Gasteiger partial charge in [0.15, 0.2) is 0 Å². The lowest BCUT2D eigenvalue weighted by Crippen LogP contribution is -2.40. The van der Waals surface area contributed by atoms with Gasteiger partial charge in [0.05, 0.1) is 6.04 Å². The first-order valence-electron chi connectivity index (χ1n) is 7.91. The molecule has 2 aromatic rings. The molecule has 0 spiro atoms. The summed E-state index contributed by atoms with van der Waals surface area (Å²) in [4.78, 5) is 23.9. The van der Waals surface area contributed by atoms with Gasteiger partial charge < -0.3 is 10.6 Å². The maximum atomic E-state index is 12.0. The van der Waals surface area contributed by atoms with Crippen LogP contribution in [0, 0.1) is 0 Å². The van der Waals surface area contributed by atoms with Gasteiger partial charge in [-0.1, -0.05) is 54.9 Å². The molecule has 24 heavy (non-hydrogen) atoms. The number of amides is 2. The molecule has 0 aliphatic rings. The number of nitrogens with one attached hydrogen (secondary N) is 2. The van der Waals surface area contributed by atoms with E-state index < -0.39 is 11.8 Å². The van der Waals surface area contributed by atoms with Crippen LogP contribution in [0.5, 0.6) is 0 Å². The Morgan fingerprint density at radius 2 is 1.54 bits per heavy atom. The summed E-state index contributed by atoms with van der Waals surface area (Å²) in [6.45, 7) is 4.22. The van der Waals surface area contributed by atoms with E-state index in [1.807, 2.05) is 31.2 Å². The van der Waals surface area contributed by atoms with Gasteiger partial charge in [0.1, 0.15) is 0 Å². The average Bonchev–Trinajstić information content (AvgIpc) is 2.60. The van der Waals surface area contributed by atoms with E-state index >= 15 is 0 Å². The molecule has 0 heterocycles. The smallest absolute Gasteiger partial charge is 0.309 e. The van der Waals surface area contributed by atoms with Gasteiger partial charge in [-0.25, -0.2) is 0 Å². The molecule has 0 aliphatic carbocycles. The van der Waals surface area contributed by atoms with Crippen molar-refractivity contribution in [1.82, 2.24) is 10.6 Å². The maximum absolute atomic E-state index is 12.0. The average molecular weight is 345 g/mol. The van der Waals surface area contributed by atoms with Crippen LogP contribution in [0.1, 0.15) is 36.6 Å². The van der Waals surface area contributed by atoms with Gasteiger partial charge in [0, 0.05) is 11.6 Å². The Hall–Kier alpha value is -2.33. The van der Waals surface area contributed by atoms with Gasteiger partial charge in [-0.3, -0.25) is 9.59 Å². The van der Waals surface area contributed by atoms with E-state index in [9.17, 15) is 9.59 Å². The molecular weight excluding hydrogens is 324 g/mol. The second-order valence-corrected chi connectivity index (χ2v) is 6.04. The molecule has 1 unspecified atom stereocenters. The molecule has 0 radical (unpaired) electrons. The fraction of sp³-hybridized carbons (Fsp3) is 0.263. The molecule has 2 N–H and O–H groups in total. The highest BCUT2D eigenvalue weighted by molar-refractivity contribution is 6.35. The van der Waals surface area contributed by atoms with Gasteiger partial charge in [-0.05, 0) is 42.2 Å². The molecule has 0 bridgehead atoms. The highest BCUT2D eigenvalue weighted by atomic mass is 35.5. The van der Waals surface area contributed by atoms with Crippen molar-refractivity contribution in [3.63, 3.8) is 0 Å². The Kier molecular flexibility index (Phi) is 6.38. The topological polar surface area (TPSA) is 58.2 Å².